The van der Waals surface area contributed by atoms with E-state index in [4.69, 9.17) is 17.3 Å². The van der Waals surface area contributed by atoms with E-state index in [0.29, 0.717) is 28.5 Å². The van der Waals surface area contributed by atoms with Gasteiger partial charge in [-0.2, -0.15) is 0 Å². The number of carbonyl (C=O) groups excluding carboxylic acids is 3. The molecule has 0 unspecified atom stereocenters. The van der Waals surface area contributed by atoms with Crippen molar-refractivity contribution in [1.29, 1.82) is 0 Å². The van der Waals surface area contributed by atoms with Crippen LogP contribution in [0.15, 0.2) is 66.7 Å². The number of amides is 3. The third-order valence-corrected chi connectivity index (χ3v) is 4.94. The van der Waals surface area contributed by atoms with E-state index in [0.717, 1.165) is 11.1 Å². The predicted octanol–water partition coefficient (Wildman–Crippen LogP) is 3.73. The summed E-state index contributed by atoms with van der Waals surface area (Å²) in [5, 5.41) is 8.83. The smallest absolute Gasteiger partial charge is 0.253 e. The molecule has 0 saturated carbocycles. The number of para-hydroxylation sites is 1. The van der Waals surface area contributed by atoms with Gasteiger partial charge >= 0.3 is 0 Å². The van der Waals surface area contributed by atoms with Gasteiger partial charge < -0.3 is 21.7 Å². The minimum Gasteiger partial charge on any atom is -0.375 e. The predicted molar refractivity (Wildman–Crippen MR) is 126 cm³/mol. The summed E-state index contributed by atoms with van der Waals surface area (Å²) in [5.74, 6) is -1.35. The van der Waals surface area contributed by atoms with Crippen LogP contribution in [0.25, 0.3) is 0 Å². The molecule has 3 aromatic rings. The summed E-state index contributed by atoms with van der Waals surface area (Å²) in [4.78, 5) is 36.7. The maximum atomic E-state index is 12.7. The first kappa shape index (κ1) is 22.8. The number of anilines is 2. The summed E-state index contributed by atoms with van der Waals surface area (Å²) in [6, 6.07) is 19.1. The number of rotatable bonds is 8. The van der Waals surface area contributed by atoms with Crippen molar-refractivity contribution in [2.75, 3.05) is 17.2 Å². The van der Waals surface area contributed by atoms with E-state index in [1.54, 1.807) is 30.3 Å². The molecule has 0 radical (unpaired) electrons. The number of carbonyl (C=O) groups is 3. The number of hydrogen-bond donors (Lipinski definition) is 4. The minimum absolute atomic E-state index is 0.153. The molecule has 8 heteroatoms. The first-order valence-corrected chi connectivity index (χ1v) is 10.3. The summed E-state index contributed by atoms with van der Waals surface area (Å²) >= 11 is 5.97. The van der Waals surface area contributed by atoms with E-state index in [2.05, 4.69) is 16.0 Å². The molecular formula is C24H23ClN4O3. The quantitative estimate of drug-likeness (QED) is 0.418. The molecule has 164 valence electrons. The van der Waals surface area contributed by atoms with Gasteiger partial charge in [0.05, 0.1) is 23.4 Å². The molecule has 0 bridgehead atoms. The summed E-state index contributed by atoms with van der Waals surface area (Å²) in [6.07, 6.45) is 0. The van der Waals surface area contributed by atoms with Crippen molar-refractivity contribution < 1.29 is 14.4 Å². The number of halogens is 1. The van der Waals surface area contributed by atoms with Crippen molar-refractivity contribution in [3.8, 4) is 0 Å². The molecule has 0 aliphatic rings. The Morgan fingerprint density at radius 2 is 1.62 bits per heavy atom. The largest absolute Gasteiger partial charge is 0.375 e. The van der Waals surface area contributed by atoms with Gasteiger partial charge in [0.15, 0.2) is 0 Å². The van der Waals surface area contributed by atoms with Crippen molar-refractivity contribution in [1.82, 2.24) is 5.32 Å². The van der Waals surface area contributed by atoms with Gasteiger partial charge in [-0.15, -0.1) is 0 Å². The van der Waals surface area contributed by atoms with Gasteiger partial charge in [-0.25, -0.2) is 0 Å². The molecule has 7 nitrogen and oxygen atoms in total. The first-order chi connectivity index (χ1) is 15.3. The van der Waals surface area contributed by atoms with E-state index >= 15 is 0 Å². The Morgan fingerprint density at radius 1 is 0.906 bits per heavy atom. The van der Waals surface area contributed by atoms with E-state index in [1.807, 2.05) is 31.2 Å². The zero-order valence-corrected chi connectivity index (χ0v) is 18.2. The SMILES string of the molecule is Cc1ccc(CNC(=O)c2ccccc2NC(=O)CNc2cc(Cl)ccc2C(N)=O)cc1. The topological polar surface area (TPSA) is 113 Å². The van der Waals surface area contributed by atoms with E-state index in [1.165, 1.54) is 12.1 Å². The minimum atomic E-state index is -0.639. The highest BCUT2D eigenvalue weighted by Gasteiger charge is 2.14. The number of hydrogen-bond acceptors (Lipinski definition) is 4. The third kappa shape index (κ3) is 6.09. The highest BCUT2D eigenvalue weighted by atomic mass is 35.5. The normalized spacial score (nSPS) is 10.3. The fourth-order valence-corrected chi connectivity index (χ4v) is 3.19. The number of primary amides is 1. The highest BCUT2D eigenvalue weighted by Crippen LogP contribution is 2.21. The molecule has 0 saturated heterocycles. The Labute approximate surface area is 191 Å². The van der Waals surface area contributed by atoms with Crippen molar-refractivity contribution in [2.45, 2.75) is 13.5 Å². The monoisotopic (exact) mass is 450 g/mol. The van der Waals surface area contributed by atoms with Crippen molar-refractivity contribution >= 4 is 40.7 Å². The lowest BCUT2D eigenvalue weighted by atomic mass is 10.1. The first-order valence-electron chi connectivity index (χ1n) is 9.89. The standard InChI is InChI=1S/C24H23ClN4O3/c1-15-6-8-16(9-7-15)13-28-24(32)19-4-2-3-5-20(19)29-22(30)14-27-21-12-17(25)10-11-18(21)23(26)31/h2-12,27H,13-14H2,1H3,(H2,26,31)(H,28,32)(H,29,30). The zero-order valence-electron chi connectivity index (χ0n) is 17.4. The molecule has 3 amide bonds. The molecule has 0 spiro atoms. The van der Waals surface area contributed by atoms with Crippen molar-refractivity contribution in [3.05, 3.63) is 94.0 Å². The number of nitrogens with two attached hydrogens (primary N) is 1. The number of aryl methyl sites for hydroxylation is 1. The van der Waals surface area contributed by atoms with Crippen molar-refractivity contribution in [3.63, 3.8) is 0 Å². The van der Waals surface area contributed by atoms with Gasteiger partial charge in [0.1, 0.15) is 0 Å². The van der Waals surface area contributed by atoms with Crippen LogP contribution in [0, 0.1) is 6.92 Å². The van der Waals surface area contributed by atoms with Gasteiger partial charge in [0.2, 0.25) is 5.91 Å². The molecule has 3 rings (SSSR count). The van der Waals surface area contributed by atoms with Crippen LogP contribution in [0.3, 0.4) is 0 Å². The number of benzene rings is 3. The highest BCUT2D eigenvalue weighted by molar-refractivity contribution is 6.31. The van der Waals surface area contributed by atoms with Crippen LogP contribution < -0.4 is 21.7 Å². The molecule has 0 atom stereocenters. The molecule has 5 N–H and O–H groups in total. The summed E-state index contributed by atoms with van der Waals surface area (Å²) < 4.78 is 0. The average molecular weight is 451 g/mol. The Balaban J connectivity index is 1.63. The Bertz CT molecular complexity index is 1150. The van der Waals surface area contributed by atoms with Crippen LogP contribution in [0.2, 0.25) is 5.02 Å². The van der Waals surface area contributed by atoms with Crippen LogP contribution in [0.4, 0.5) is 11.4 Å². The third-order valence-electron chi connectivity index (χ3n) is 4.71. The lowest BCUT2D eigenvalue weighted by Gasteiger charge is -2.13. The van der Waals surface area contributed by atoms with Crippen molar-refractivity contribution in [2.24, 2.45) is 5.73 Å². The average Bonchev–Trinajstić information content (AvgIpc) is 2.77. The van der Waals surface area contributed by atoms with Crippen LogP contribution in [-0.4, -0.2) is 24.3 Å². The Morgan fingerprint density at radius 3 is 2.34 bits per heavy atom. The van der Waals surface area contributed by atoms with Gasteiger partial charge in [0.25, 0.3) is 11.8 Å². The molecule has 0 aliphatic heterocycles. The van der Waals surface area contributed by atoms with Gasteiger partial charge in [-0.1, -0.05) is 53.6 Å². The maximum absolute atomic E-state index is 12.7. The second-order valence-electron chi connectivity index (χ2n) is 7.17. The maximum Gasteiger partial charge on any atom is 0.253 e. The van der Waals surface area contributed by atoms with Gasteiger partial charge in [-0.05, 0) is 42.8 Å². The molecule has 0 aliphatic carbocycles. The number of nitrogens with one attached hydrogen (secondary N) is 3. The van der Waals surface area contributed by atoms with Gasteiger partial charge in [0, 0.05) is 17.3 Å². The second kappa shape index (κ2) is 10.5. The summed E-state index contributed by atoms with van der Waals surface area (Å²) in [6.45, 7) is 2.21. The Hall–Kier alpha value is -3.84. The summed E-state index contributed by atoms with van der Waals surface area (Å²) in [7, 11) is 0. The fourth-order valence-electron chi connectivity index (χ4n) is 3.02. The zero-order chi connectivity index (χ0) is 23.1. The second-order valence-corrected chi connectivity index (χ2v) is 7.61. The fraction of sp³-hybridized carbons (Fsp3) is 0.125. The van der Waals surface area contributed by atoms with Gasteiger partial charge in [-0.3, -0.25) is 14.4 Å². The molecule has 3 aromatic carbocycles. The Kier molecular flexibility index (Phi) is 7.46. The summed E-state index contributed by atoms with van der Waals surface area (Å²) in [5.41, 5.74) is 8.76. The van der Waals surface area contributed by atoms with Crippen LogP contribution in [0.5, 0.6) is 0 Å². The molecule has 0 aromatic heterocycles. The molecular weight excluding hydrogens is 428 g/mol. The van der Waals surface area contributed by atoms with E-state index in [9.17, 15) is 14.4 Å². The lowest BCUT2D eigenvalue weighted by Crippen LogP contribution is -2.27. The lowest BCUT2D eigenvalue weighted by molar-refractivity contribution is -0.114. The van der Waals surface area contributed by atoms with Crippen LogP contribution >= 0.6 is 11.6 Å². The molecule has 0 heterocycles. The van der Waals surface area contributed by atoms with E-state index < -0.39 is 11.8 Å². The van der Waals surface area contributed by atoms with E-state index in [-0.39, 0.29) is 18.0 Å². The molecule has 0 fully saturated rings. The van der Waals surface area contributed by atoms with Crippen LogP contribution in [0.1, 0.15) is 31.8 Å². The molecule has 32 heavy (non-hydrogen) atoms. The van der Waals surface area contributed by atoms with Crippen LogP contribution in [-0.2, 0) is 11.3 Å².